The number of fused-ring (bicyclic) bond motifs is 6. The molecule has 2 N–H and O–H groups in total. The Balaban J connectivity index is 0.878. The molecular formula is C42H34N2O6P2. The van der Waals surface area contributed by atoms with Crippen molar-refractivity contribution in [3.63, 3.8) is 0 Å². The summed E-state index contributed by atoms with van der Waals surface area (Å²) >= 11 is 0. The van der Waals surface area contributed by atoms with Gasteiger partial charge < -0.3 is 18.5 Å². The third-order valence-corrected chi connectivity index (χ3v) is 14.8. The number of benzene rings is 6. The summed E-state index contributed by atoms with van der Waals surface area (Å²) < 4.78 is 53.0. The third kappa shape index (κ3) is 5.29. The molecule has 1 saturated heterocycles. The van der Waals surface area contributed by atoms with Gasteiger partial charge in [-0.1, -0.05) is 111 Å². The molecule has 0 bridgehead atoms. The molecule has 258 valence electrons. The maximum Gasteiger partial charge on any atom is 0.360 e. The highest BCUT2D eigenvalue weighted by Crippen LogP contribution is 2.61. The molecule has 4 atom stereocenters. The zero-order valence-corrected chi connectivity index (χ0v) is 30.1. The number of nitrogens with one attached hydrogen (secondary N) is 2. The zero-order chi connectivity index (χ0) is 35.7. The van der Waals surface area contributed by atoms with Crippen LogP contribution in [0.1, 0.15) is 25.0 Å². The van der Waals surface area contributed by atoms with Crippen LogP contribution >= 0.6 is 14.7 Å². The van der Waals surface area contributed by atoms with E-state index in [1.165, 1.54) is 0 Å². The van der Waals surface area contributed by atoms with E-state index in [-0.39, 0.29) is 5.41 Å². The molecule has 0 aromatic heterocycles. The van der Waals surface area contributed by atoms with Gasteiger partial charge in [0.25, 0.3) is 13.0 Å². The third-order valence-electron chi connectivity index (χ3n) is 10.1. The highest BCUT2D eigenvalue weighted by atomic mass is 31.2. The molecule has 0 amide bonds. The minimum absolute atomic E-state index is 0.384. The molecule has 8 nitrogen and oxygen atoms in total. The second kappa shape index (κ2) is 12.1. The number of hydrogen-bond acceptors (Lipinski definition) is 8. The maximum atomic E-state index is 14.4. The molecule has 3 heterocycles. The molecule has 6 aromatic rings. The summed E-state index contributed by atoms with van der Waals surface area (Å²) in [6.07, 6.45) is -0.452. The van der Waals surface area contributed by atoms with Crippen molar-refractivity contribution in [2.24, 2.45) is 0 Å². The van der Waals surface area contributed by atoms with Gasteiger partial charge >= 0.3 is 7.37 Å². The molecule has 4 unspecified atom stereocenters. The van der Waals surface area contributed by atoms with Crippen molar-refractivity contribution in [1.29, 1.82) is 5.41 Å². The van der Waals surface area contributed by atoms with Crippen molar-refractivity contribution in [2.45, 2.75) is 31.3 Å². The van der Waals surface area contributed by atoms with Gasteiger partial charge in [0.05, 0.1) is 10.6 Å². The van der Waals surface area contributed by atoms with Crippen molar-refractivity contribution < 1.29 is 27.7 Å². The average Bonchev–Trinajstić information content (AvgIpc) is 3.95. The first-order valence-corrected chi connectivity index (χ1v) is 20.3. The summed E-state index contributed by atoms with van der Waals surface area (Å²) in [5.41, 5.74) is 4.74. The SMILES string of the molecule is CC(C)(c1ccc(OC(=N)P2(=O)Oc3ccccc3-c3ccccc32)cc1)c1ccc(OC2NC2P2(=O)Oc3ccccc3-c3ccccc32)cc1. The van der Waals surface area contributed by atoms with Crippen LogP contribution in [0.15, 0.2) is 146 Å². The monoisotopic (exact) mass is 724 g/mol. The predicted molar refractivity (Wildman–Crippen MR) is 204 cm³/mol. The van der Waals surface area contributed by atoms with Gasteiger partial charge in [-0.25, -0.2) is 0 Å². The Morgan fingerprint density at radius 1 is 0.615 bits per heavy atom. The fourth-order valence-corrected chi connectivity index (χ4v) is 11.5. The molecule has 10 heteroatoms. The summed E-state index contributed by atoms with van der Waals surface area (Å²) in [5.74, 6) is 1.66. The smallest absolute Gasteiger partial charge is 0.360 e. The van der Waals surface area contributed by atoms with Gasteiger partial charge in [-0.2, -0.15) is 0 Å². The molecule has 1 fully saturated rings. The van der Waals surface area contributed by atoms with Crippen LogP contribution in [-0.2, 0) is 14.5 Å². The molecule has 0 saturated carbocycles. The van der Waals surface area contributed by atoms with E-state index in [0.717, 1.165) is 33.4 Å². The van der Waals surface area contributed by atoms with Crippen molar-refractivity contribution in [2.75, 3.05) is 0 Å². The van der Waals surface area contributed by atoms with Gasteiger partial charge in [0.2, 0.25) is 0 Å². The lowest BCUT2D eigenvalue weighted by Crippen LogP contribution is -2.25. The Morgan fingerprint density at radius 3 is 1.71 bits per heavy atom. The minimum atomic E-state index is -3.82. The standard InChI is InChI=1S/C42H34N2O6P2/c1-42(2,28-21-25-30(26-22-28)48-41(43)52(46)38-18-10-6-14-34(38)32-12-4-8-16-36(32)50-52)27-19-23-29(24-20-27)47-39-40(44-39)51(45)37-17-9-5-13-33(37)31-11-3-7-15-35(31)49-51/h3-26,39-40,43-44H,1-2H3. The molecule has 0 radical (unpaired) electrons. The molecular weight excluding hydrogens is 690 g/mol. The molecule has 3 aliphatic heterocycles. The van der Waals surface area contributed by atoms with E-state index in [1.807, 2.05) is 115 Å². The molecule has 52 heavy (non-hydrogen) atoms. The van der Waals surface area contributed by atoms with Crippen LogP contribution < -0.4 is 34.4 Å². The van der Waals surface area contributed by atoms with Crippen LogP contribution in [0.4, 0.5) is 0 Å². The summed E-state index contributed by atoms with van der Waals surface area (Å²) in [6, 6.07) is 45.4. The van der Waals surface area contributed by atoms with Crippen LogP contribution in [0.3, 0.4) is 0 Å². The van der Waals surface area contributed by atoms with Gasteiger partial charge in [0.15, 0.2) is 12.0 Å². The van der Waals surface area contributed by atoms with Crippen LogP contribution in [0.5, 0.6) is 23.0 Å². The van der Waals surface area contributed by atoms with Gasteiger partial charge in [-0.15, -0.1) is 0 Å². The molecule has 6 aromatic carbocycles. The van der Waals surface area contributed by atoms with Crippen LogP contribution in [0.25, 0.3) is 22.3 Å². The first kappa shape index (κ1) is 32.5. The summed E-state index contributed by atoms with van der Waals surface area (Å²) in [4.78, 5) is 0. The Hall–Kier alpha value is -5.39. The highest BCUT2D eigenvalue weighted by molar-refractivity contribution is 7.83. The Morgan fingerprint density at radius 2 is 1.10 bits per heavy atom. The summed E-state index contributed by atoms with van der Waals surface area (Å²) in [6.45, 7) is 4.26. The number of para-hydroxylation sites is 2. The number of ether oxygens (including phenoxy) is 2. The normalized spacial score (nSPS) is 22.3. The number of hydrogen-bond donors (Lipinski definition) is 2. The summed E-state index contributed by atoms with van der Waals surface area (Å²) in [7, 11) is -7.12. The lowest BCUT2D eigenvalue weighted by molar-refractivity contribution is 0.293. The summed E-state index contributed by atoms with van der Waals surface area (Å²) in [5, 5.41) is 13.2. The van der Waals surface area contributed by atoms with Crippen molar-refractivity contribution in [3.8, 4) is 45.3 Å². The van der Waals surface area contributed by atoms with E-state index >= 15 is 0 Å². The lowest BCUT2D eigenvalue weighted by atomic mass is 9.78. The molecule has 0 spiro atoms. The molecule has 0 aliphatic carbocycles. The van der Waals surface area contributed by atoms with E-state index in [2.05, 4.69) is 19.2 Å². The van der Waals surface area contributed by atoms with E-state index in [9.17, 15) is 9.13 Å². The Labute approximate surface area is 301 Å². The van der Waals surface area contributed by atoms with Gasteiger partial charge in [-0.3, -0.25) is 19.9 Å². The van der Waals surface area contributed by atoms with Crippen LogP contribution in [-0.4, -0.2) is 17.6 Å². The topological polar surface area (TPSA) is 117 Å². The van der Waals surface area contributed by atoms with Crippen LogP contribution in [0.2, 0.25) is 0 Å². The minimum Gasteiger partial charge on any atom is -0.473 e. The Kier molecular flexibility index (Phi) is 7.57. The molecule has 9 rings (SSSR count). The first-order valence-electron chi connectivity index (χ1n) is 17.0. The average molecular weight is 725 g/mol. The van der Waals surface area contributed by atoms with E-state index < -0.39 is 32.4 Å². The van der Waals surface area contributed by atoms with Gasteiger partial charge in [0, 0.05) is 16.5 Å². The second-order valence-electron chi connectivity index (χ2n) is 13.6. The van der Waals surface area contributed by atoms with E-state index in [4.69, 9.17) is 23.9 Å². The zero-order valence-electron chi connectivity index (χ0n) is 28.4. The van der Waals surface area contributed by atoms with Crippen LogP contribution in [0, 0.1) is 5.41 Å². The lowest BCUT2D eigenvalue weighted by Gasteiger charge is -2.28. The van der Waals surface area contributed by atoms with E-state index in [1.54, 1.807) is 30.3 Å². The highest BCUT2D eigenvalue weighted by Gasteiger charge is 2.57. The molecule has 3 aliphatic rings. The largest absolute Gasteiger partial charge is 0.473 e. The Bertz CT molecular complexity index is 2480. The fourth-order valence-electron chi connectivity index (χ4n) is 7.07. The predicted octanol–water partition coefficient (Wildman–Crippen LogP) is 9.29. The second-order valence-corrected chi connectivity index (χ2v) is 18.2. The van der Waals surface area contributed by atoms with Gasteiger partial charge in [0.1, 0.15) is 23.0 Å². The quantitative estimate of drug-likeness (QED) is 0.0730. The first-order chi connectivity index (χ1) is 25.1. The maximum absolute atomic E-state index is 14.4. The van der Waals surface area contributed by atoms with Crippen molar-refractivity contribution in [1.82, 2.24) is 5.32 Å². The van der Waals surface area contributed by atoms with Gasteiger partial charge in [-0.05, 0) is 70.8 Å². The van der Waals surface area contributed by atoms with E-state index in [0.29, 0.717) is 33.6 Å². The van der Waals surface area contributed by atoms with Crippen molar-refractivity contribution in [3.05, 3.63) is 157 Å². The fraction of sp³-hybridized carbons (Fsp3) is 0.119. The van der Waals surface area contributed by atoms with Crippen molar-refractivity contribution >= 4 is 31.0 Å². The number of rotatable bonds is 7.